The molecule has 1 unspecified atom stereocenters. The lowest BCUT2D eigenvalue weighted by Crippen LogP contribution is -2.24. The largest absolute Gasteiger partial charge is 0.497 e. The minimum atomic E-state index is -0.141. The SMILES string of the molecule is COc1cccc(C(CN)OCCOC(C)(C)C)c1. The highest BCUT2D eigenvalue weighted by Gasteiger charge is 2.13. The fourth-order valence-electron chi connectivity index (χ4n) is 1.68. The second-order valence-corrected chi connectivity index (χ2v) is 5.33. The van der Waals surface area contributed by atoms with Gasteiger partial charge in [-0.2, -0.15) is 0 Å². The quantitative estimate of drug-likeness (QED) is 0.771. The average Bonchev–Trinajstić information content (AvgIpc) is 2.37. The van der Waals surface area contributed by atoms with Crippen molar-refractivity contribution < 1.29 is 14.2 Å². The molecular formula is C15H25NO3. The number of nitrogens with two attached hydrogens (primary N) is 1. The highest BCUT2D eigenvalue weighted by Crippen LogP contribution is 2.21. The van der Waals surface area contributed by atoms with Crippen LogP contribution in [0, 0.1) is 0 Å². The number of hydrogen-bond donors (Lipinski definition) is 1. The Hall–Kier alpha value is -1.10. The second-order valence-electron chi connectivity index (χ2n) is 5.33. The Balaban J connectivity index is 2.48. The van der Waals surface area contributed by atoms with Gasteiger partial charge in [0.2, 0.25) is 0 Å². The number of ether oxygens (including phenoxy) is 3. The molecule has 1 atom stereocenters. The van der Waals surface area contributed by atoms with Crippen molar-refractivity contribution in [1.82, 2.24) is 0 Å². The van der Waals surface area contributed by atoms with Crippen molar-refractivity contribution in [3.8, 4) is 5.75 Å². The molecule has 0 saturated carbocycles. The van der Waals surface area contributed by atoms with Gasteiger partial charge in [0.05, 0.1) is 32.0 Å². The zero-order valence-electron chi connectivity index (χ0n) is 12.3. The van der Waals surface area contributed by atoms with Gasteiger partial charge in [0.1, 0.15) is 5.75 Å². The van der Waals surface area contributed by atoms with Crippen LogP contribution in [-0.4, -0.2) is 32.5 Å². The minimum absolute atomic E-state index is 0.126. The summed E-state index contributed by atoms with van der Waals surface area (Å²) in [6.45, 7) is 7.59. The normalized spacial score (nSPS) is 13.3. The Morgan fingerprint density at radius 3 is 2.53 bits per heavy atom. The third kappa shape index (κ3) is 6.05. The van der Waals surface area contributed by atoms with Gasteiger partial charge in [0, 0.05) is 6.54 Å². The van der Waals surface area contributed by atoms with Gasteiger partial charge in [-0.15, -0.1) is 0 Å². The Morgan fingerprint density at radius 2 is 1.95 bits per heavy atom. The molecule has 0 heterocycles. The molecule has 1 aromatic rings. The monoisotopic (exact) mass is 267 g/mol. The van der Waals surface area contributed by atoms with Gasteiger partial charge in [-0.3, -0.25) is 0 Å². The van der Waals surface area contributed by atoms with E-state index in [0.29, 0.717) is 19.8 Å². The van der Waals surface area contributed by atoms with Crippen LogP contribution >= 0.6 is 0 Å². The Kier molecular flexibility index (Phi) is 6.28. The first-order chi connectivity index (χ1) is 8.96. The van der Waals surface area contributed by atoms with Crippen LogP contribution in [0.3, 0.4) is 0 Å². The van der Waals surface area contributed by atoms with E-state index in [1.807, 2.05) is 45.0 Å². The summed E-state index contributed by atoms with van der Waals surface area (Å²) in [4.78, 5) is 0. The molecule has 0 fully saturated rings. The zero-order valence-corrected chi connectivity index (χ0v) is 12.3. The molecule has 1 rings (SSSR count). The van der Waals surface area contributed by atoms with Gasteiger partial charge in [-0.05, 0) is 38.5 Å². The average molecular weight is 267 g/mol. The number of rotatable bonds is 7. The van der Waals surface area contributed by atoms with Crippen LogP contribution in [0.1, 0.15) is 32.4 Å². The third-order valence-corrected chi connectivity index (χ3v) is 2.62. The summed E-state index contributed by atoms with van der Waals surface area (Å²) >= 11 is 0. The molecule has 0 bridgehead atoms. The molecule has 2 N–H and O–H groups in total. The van der Waals surface area contributed by atoms with Crippen LogP contribution in [0.15, 0.2) is 24.3 Å². The topological polar surface area (TPSA) is 53.7 Å². The van der Waals surface area contributed by atoms with Gasteiger partial charge in [-0.1, -0.05) is 12.1 Å². The zero-order chi connectivity index (χ0) is 14.3. The standard InChI is InChI=1S/C15H25NO3/c1-15(2,3)19-9-8-18-14(11-16)12-6-5-7-13(10-12)17-4/h5-7,10,14H,8-9,11,16H2,1-4H3. The van der Waals surface area contributed by atoms with Crippen LogP contribution in [0.5, 0.6) is 5.75 Å². The van der Waals surface area contributed by atoms with Crippen molar-refractivity contribution in [2.24, 2.45) is 5.73 Å². The molecule has 108 valence electrons. The number of hydrogen-bond acceptors (Lipinski definition) is 4. The van der Waals surface area contributed by atoms with E-state index < -0.39 is 0 Å². The maximum absolute atomic E-state index is 5.77. The molecule has 0 aliphatic heterocycles. The fraction of sp³-hybridized carbons (Fsp3) is 0.600. The highest BCUT2D eigenvalue weighted by molar-refractivity contribution is 5.30. The van der Waals surface area contributed by atoms with Gasteiger partial charge in [-0.25, -0.2) is 0 Å². The Morgan fingerprint density at radius 1 is 1.21 bits per heavy atom. The molecule has 0 aromatic heterocycles. The number of methoxy groups -OCH3 is 1. The van der Waals surface area contributed by atoms with Crippen molar-refractivity contribution in [3.63, 3.8) is 0 Å². The van der Waals surface area contributed by atoms with Crippen molar-refractivity contribution in [1.29, 1.82) is 0 Å². The minimum Gasteiger partial charge on any atom is -0.497 e. The molecule has 0 amide bonds. The van der Waals surface area contributed by atoms with Crippen LogP contribution in [0.4, 0.5) is 0 Å². The lowest BCUT2D eigenvalue weighted by molar-refractivity contribution is -0.0506. The molecule has 1 aromatic carbocycles. The summed E-state index contributed by atoms with van der Waals surface area (Å²) < 4.78 is 16.6. The maximum Gasteiger partial charge on any atom is 0.119 e. The van der Waals surface area contributed by atoms with Crippen LogP contribution in [-0.2, 0) is 9.47 Å². The van der Waals surface area contributed by atoms with Gasteiger partial charge < -0.3 is 19.9 Å². The van der Waals surface area contributed by atoms with Gasteiger partial charge >= 0.3 is 0 Å². The third-order valence-electron chi connectivity index (χ3n) is 2.62. The highest BCUT2D eigenvalue weighted by atomic mass is 16.5. The van der Waals surface area contributed by atoms with Gasteiger partial charge in [0.25, 0.3) is 0 Å². The van der Waals surface area contributed by atoms with Crippen LogP contribution < -0.4 is 10.5 Å². The van der Waals surface area contributed by atoms with E-state index in [4.69, 9.17) is 19.9 Å². The summed E-state index contributed by atoms with van der Waals surface area (Å²) in [5.41, 5.74) is 6.64. The predicted molar refractivity (Wildman–Crippen MR) is 76.4 cm³/mol. The lowest BCUT2D eigenvalue weighted by Gasteiger charge is -2.21. The molecule has 4 heteroatoms. The predicted octanol–water partition coefficient (Wildman–Crippen LogP) is 2.53. The Labute approximate surface area is 115 Å². The summed E-state index contributed by atoms with van der Waals surface area (Å²) in [5, 5.41) is 0. The van der Waals surface area contributed by atoms with Crippen LogP contribution in [0.25, 0.3) is 0 Å². The van der Waals surface area contributed by atoms with E-state index in [-0.39, 0.29) is 11.7 Å². The molecule has 0 aliphatic rings. The van der Waals surface area contributed by atoms with E-state index in [1.165, 1.54) is 0 Å². The first kappa shape index (κ1) is 16.0. The summed E-state index contributed by atoms with van der Waals surface area (Å²) in [6.07, 6.45) is -0.126. The van der Waals surface area contributed by atoms with E-state index in [9.17, 15) is 0 Å². The molecule has 0 saturated heterocycles. The van der Waals surface area contributed by atoms with Crippen molar-refractivity contribution in [2.45, 2.75) is 32.5 Å². The molecule has 4 nitrogen and oxygen atoms in total. The molecule has 0 radical (unpaired) electrons. The fourth-order valence-corrected chi connectivity index (χ4v) is 1.68. The van der Waals surface area contributed by atoms with Crippen LogP contribution in [0.2, 0.25) is 0 Å². The molecule has 0 spiro atoms. The smallest absolute Gasteiger partial charge is 0.119 e. The summed E-state index contributed by atoms with van der Waals surface area (Å²) in [6, 6.07) is 7.78. The molecule has 0 aliphatic carbocycles. The first-order valence-electron chi connectivity index (χ1n) is 6.56. The molecular weight excluding hydrogens is 242 g/mol. The summed E-state index contributed by atoms with van der Waals surface area (Å²) in [7, 11) is 1.65. The number of benzene rings is 1. The van der Waals surface area contributed by atoms with Crippen molar-refractivity contribution in [2.75, 3.05) is 26.9 Å². The van der Waals surface area contributed by atoms with E-state index >= 15 is 0 Å². The van der Waals surface area contributed by atoms with Crippen molar-refractivity contribution >= 4 is 0 Å². The summed E-state index contributed by atoms with van der Waals surface area (Å²) in [5.74, 6) is 0.811. The Bertz CT molecular complexity index is 374. The maximum atomic E-state index is 5.77. The molecule has 19 heavy (non-hydrogen) atoms. The van der Waals surface area contributed by atoms with Gasteiger partial charge in [0.15, 0.2) is 0 Å². The first-order valence-corrected chi connectivity index (χ1v) is 6.56. The van der Waals surface area contributed by atoms with E-state index in [1.54, 1.807) is 7.11 Å². The van der Waals surface area contributed by atoms with E-state index in [2.05, 4.69) is 0 Å². The second kappa shape index (κ2) is 7.48. The lowest BCUT2D eigenvalue weighted by atomic mass is 10.1. The van der Waals surface area contributed by atoms with E-state index in [0.717, 1.165) is 11.3 Å². The van der Waals surface area contributed by atoms with Crippen molar-refractivity contribution in [3.05, 3.63) is 29.8 Å².